The summed E-state index contributed by atoms with van der Waals surface area (Å²) in [6.45, 7) is 0. The first-order valence-corrected chi connectivity index (χ1v) is 6.44. The minimum Gasteiger partial charge on any atom is -0.435 e. The van der Waals surface area contributed by atoms with E-state index in [0.29, 0.717) is 16.7 Å². The highest BCUT2D eigenvalue weighted by molar-refractivity contribution is 5.72. The molecule has 1 unspecified atom stereocenters. The SMILES string of the molecule is COC(c1ccccc1)C(F)(F)c1nc2ccccc2o1. The van der Waals surface area contributed by atoms with Crippen LogP contribution in [0.25, 0.3) is 11.1 Å². The van der Waals surface area contributed by atoms with Crippen LogP contribution in [0.3, 0.4) is 0 Å². The lowest BCUT2D eigenvalue weighted by molar-refractivity contribution is -0.148. The number of benzene rings is 2. The first-order chi connectivity index (χ1) is 10.1. The van der Waals surface area contributed by atoms with Crippen molar-refractivity contribution in [1.29, 1.82) is 0 Å². The van der Waals surface area contributed by atoms with Crippen LogP contribution in [0.1, 0.15) is 17.6 Å². The number of para-hydroxylation sites is 2. The van der Waals surface area contributed by atoms with Gasteiger partial charge < -0.3 is 9.15 Å². The number of rotatable bonds is 4. The van der Waals surface area contributed by atoms with Crippen LogP contribution in [0, 0.1) is 0 Å². The molecule has 5 heteroatoms. The molecular formula is C16H13F2NO2. The first-order valence-electron chi connectivity index (χ1n) is 6.44. The third kappa shape index (κ3) is 2.40. The van der Waals surface area contributed by atoms with Gasteiger partial charge >= 0.3 is 5.92 Å². The zero-order chi connectivity index (χ0) is 14.9. The fourth-order valence-corrected chi connectivity index (χ4v) is 2.25. The molecule has 1 aromatic heterocycles. The van der Waals surface area contributed by atoms with E-state index in [1.165, 1.54) is 7.11 Å². The van der Waals surface area contributed by atoms with Crippen LogP contribution < -0.4 is 0 Å². The Labute approximate surface area is 120 Å². The zero-order valence-electron chi connectivity index (χ0n) is 11.3. The molecule has 0 aliphatic heterocycles. The van der Waals surface area contributed by atoms with Crippen molar-refractivity contribution in [2.24, 2.45) is 0 Å². The maximum atomic E-state index is 14.7. The highest BCUT2D eigenvalue weighted by atomic mass is 19.3. The molecule has 3 nitrogen and oxygen atoms in total. The number of nitrogens with zero attached hydrogens (tertiary/aromatic N) is 1. The molecule has 1 atom stereocenters. The van der Waals surface area contributed by atoms with Crippen molar-refractivity contribution in [2.45, 2.75) is 12.0 Å². The van der Waals surface area contributed by atoms with E-state index >= 15 is 0 Å². The predicted octanol–water partition coefficient (Wildman–Crippen LogP) is 4.31. The molecular weight excluding hydrogens is 276 g/mol. The molecule has 3 aromatic rings. The van der Waals surface area contributed by atoms with Crippen LogP contribution in [0.15, 0.2) is 59.0 Å². The summed E-state index contributed by atoms with van der Waals surface area (Å²) in [4.78, 5) is 3.88. The number of aromatic nitrogens is 1. The smallest absolute Gasteiger partial charge is 0.351 e. The maximum absolute atomic E-state index is 14.7. The molecule has 0 fully saturated rings. The lowest BCUT2D eigenvalue weighted by Crippen LogP contribution is -2.25. The quantitative estimate of drug-likeness (QED) is 0.718. The lowest BCUT2D eigenvalue weighted by Gasteiger charge is -2.23. The standard InChI is InChI=1S/C16H13F2NO2/c1-20-14(11-7-3-2-4-8-11)16(17,18)15-19-12-9-5-6-10-13(12)21-15/h2-10,14H,1H3. The molecule has 0 saturated heterocycles. The molecule has 0 N–H and O–H groups in total. The topological polar surface area (TPSA) is 35.3 Å². The molecule has 0 aliphatic rings. The summed E-state index contributed by atoms with van der Waals surface area (Å²) in [5.74, 6) is -4.01. The normalized spacial score (nSPS) is 13.5. The molecule has 3 rings (SSSR count). The second kappa shape index (κ2) is 5.26. The molecule has 1 heterocycles. The van der Waals surface area contributed by atoms with Crippen LogP contribution >= 0.6 is 0 Å². The number of hydrogen-bond acceptors (Lipinski definition) is 3. The molecule has 2 aromatic carbocycles. The molecule has 21 heavy (non-hydrogen) atoms. The molecule has 0 spiro atoms. The van der Waals surface area contributed by atoms with E-state index < -0.39 is 17.9 Å². The van der Waals surface area contributed by atoms with E-state index in [1.54, 1.807) is 54.6 Å². The van der Waals surface area contributed by atoms with Gasteiger partial charge in [-0.15, -0.1) is 0 Å². The fraction of sp³-hybridized carbons (Fsp3) is 0.188. The van der Waals surface area contributed by atoms with Crippen LogP contribution in [-0.2, 0) is 10.7 Å². The molecule has 108 valence electrons. The van der Waals surface area contributed by atoms with Gasteiger partial charge in [-0.1, -0.05) is 42.5 Å². The second-order valence-electron chi connectivity index (χ2n) is 4.64. The van der Waals surface area contributed by atoms with E-state index in [1.807, 2.05) is 0 Å². The number of ether oxygens (including phenoxy) is 1. The number of fused-ring (bicyclic) bond motifs is 1. The van der Waals surface area contributed by atoms with Crippen LogP contribution in [0.4, 0.5) is 8.78 Å². The fourth-order valence-electron chi connectivity index (χ4n) is 2.25. The van der Waals surface area contributed by atoms with Crippen molar-refractivity contribution in [3.63, 3.8) is 0 Å². The van der Waals surface area contributed by atoms with Crippen molar-refractivity contribution in [1.82, 2.24) is 4.98 Å². The minimum absolute atomic E-state index is 0.329. The summed E-state index contributed by atoms with van der Waals surface area (Å²) in [7, 11) is 1.24. The highest BCUT2D eigenvalue weighted by Gasteiger charge is 2.47. The maximum Gasteiger partial charge on any atom is 0.351 e. The molecule has 0 amide bonds. The van der Waals surface area contributed by atoms with Crippen LogP contribution in [0.5, 0.6) is 0 Å². The van der Waals surface area contributed by atoms with Crippen molar-refractivity contribution in [3.05, 3.63) is 66.1 Å². The van der Waals surface area contributed by atoms with Gasteiger partial charge in [-0.2, -0.15) is 8.78 Å². The third-order valence-corrected chi connectivity index (χ3v) is 3.25. The Balaban J connectivity index is 2.05. The van der Waals surface area contributed by atoms with Crippen molar-refractivity contribution in [2.75, 3.05) is 7.11 Å². The predicted molar refractivity (Wildman–Crippen MR) is 74.1 cm³/mol. The Bertz CT molecular complexity index is 707. The van der Waals surface area contributed by atoms with E-state index in [2.05, 4.69) is 4.98 Å². The first kappa shape index (κ1) is 13.7. The number of halogens is 2. The van der Waals surface area contributed by atoms with Gasteiger partial charge in [0.2, 0.25) is 0 Å². The summed E-state index contributed by atoms with van der Waals surface area (Å²) < 4.78 is 39.5. The number of oxazole rings is 1. The van der Waals surface area contributed by atoms with Gasteiger partial charge in [0.25, 0.3) is 5.89 Å². The zero-order valence-corrected chi connectivity index (χ0v) is 11.3. The summed E-state index contributed by atoms with van der Waals surface area (Å²) in [5, 5.41) is 0. The molecule has 0 aliphatic carbocycles. The van der Waals surface area contributed by atoms with E-state index in [4.69, 9.17) is 9.15 Å². The molecule has 0 bridgehead atoms. The average molecular weight is 289 g/mol. The van der Waals surface area contributed by atoms with Gasteiger partial charge in [0, 0.05) is 7.11 Å². The monoisotopic (exact) mass is 289 g/mol. The summed E-state index contributed by atoms with van der Waals surface area (Å²) in [6.07, 6.45) is -1.45. The van der Waals surface area contributed by atoms with Gasteiger partial charge in [0.1, 0.15) is 5.52 Å². The average Bonchev–Trinajstić information content (AvgIpc) is 2.93. The number of hydrogen-bond donors (Lipinski definition) is 0. The third-order valence-electron chi connectivity index (χ3n) is 3.25. The van der Waals surface area contributed by atoms with Gasteiger partial charge in [-0.25, -0.2) is 4.98 Å². The molecule has 0 saturated carbocycles. The number of alkyl halides is 2. The Morgan fingerprint density at radius 2 is 1.71 bits per heavy atom. The van der Waals surface area contributed by atoms with E-state index in [0.717, 1.165) is 0 Å². The van der Waals surface area contributed by atoms with Crippen LogP contribution in [-0.4, -0.2) is 12.1 Å². The Hall–Kier alpha value is -2.27. The van der Waals surface area contributed by atoms with Gasteiger partial charge in [-0.3, -0.25) is 0 Å². The minimum atomic E-state index is -3.37. The van der Waals surface area contributed by atoms with Gasteiger partial charge in [-0.05, 0) is 17.7 Å². The summed E-state index contributed by atoms with van der Waals surface area (Å²) in [6, 6.07) is 15.0. The second-order valence-corrected chi connectivity index (χ2v) is 4.64. The lowest BCUT2D eigenvalue weighted by atomic mass is 10.0. The molecule has 0 radical (unpaired) electrons. The summed E-state index contributed by atoms with van der Waals surface area (Å²) >= 11 is 0. The van der Waals surface area contributed by atoms with E-state index in [-0.39, 0.29) is 0 Å². The highest BCUT2D eigenvalue weighted by Crippen LogP contribution is 2.42. The Morgan fingerprint density at radius 1 is 1.05 bits per heavy atom. The Morgan fingerprint density at radius 3 is 2.38 bits per heavy atom. The van der Waals surface area contributed by atoms with Crippen LogP contribution in [0.2, 0.25) is 0 Å². The van der Waals surface area contributed by atoms with Crippen molar-refractivity contribution >= 4 is 11.1 Å². The van der Waals surface area contributed by atoms with Crippen molar-refractivity contribution in [3.8, 4) is 0 Å². The van der Waals surface area contributed by atoms with Gasteiger partial charge in [0.05, 0.1) is 0 Å². The van der Waals surface area contributed by atoms with E-state index in [9.17, 15) is 8.78 Å². The number of methoxy groups -OCH3 is 1. The summed E-state index contributed by atoms with van der Waals surface area (Å²) in [5.41, 5.74) is 1.09. The Kier molecular flexibility index (Phi) is 3.43. The van der Waals surface area contributed by atoms with Crippen molar-refractivity contribution < 1.29 is 17.9 Å². The van der Waals surface area contributed by atoms with Gasteiger partial charge in [0.15, 0.2) is 11.7 Å². The largest absolute Gasteiger partial charge is 0.435 e.